The summed E-state index contributed by atoms with van der Waals surface area (Å²) in [6, 6.07) is 12.8. The largest absolute Gasteiger partial charge is 0.491 e. The van der Waals surface area contributed by atoms with E-state index in [1.165, 1.54) is 16.7 Å². The van der Waals surface area contributed by atoms with Crippen molar-refractivity contribution in [3.63, 3.8) is 0 Å². The van der Waals surface area contributed by atoms with E-state index in [4.69, 9.17) is 4.74 Å². The molecule has 1 aliphatic rings. The van der Waals surface area contributed by atoms with Crippen molar-refractivity contribution in [2.24, 2.45) is 0 Å². The Hall–Kier alpha value is -2.57. The second kappa shape index (κ2) is 8.84. The molecule has 1 N–H and O–H groups in total. The molecule has 5 nitrogen and oxygen atoms in total. The van der Waals surface area contributed by atoms with Gasteiger partial charge in [-0.05, 0) is 62.6 Å². The number of thioether (sulfide) groups is 1. The van der Waals surface area contributed by atoms with Gasteiger partial charge in [-0.3, -0.25) is 9.59 Å². The molecule has 2 amide bonds. The second-order valence-corrected chi connectivity index (χ2v) is 8.24. The summed E-state index contributed by atoms with van der Waals surface area (Å²) in [4.78, 5) is 28.2. The molecule has 29 heavy (non-hydrogen) atoms. The van der Waals surface area contributed by atoms with Crippen LogP contribution in [0.25, 0.3) is 5.57 Å². The molecule has 0 saturated carbocycles. The van der Waals surface area contributed by atoms with Crippen molar-refractivity contribution < 1.29 is 19.4 Å². The fraction of sp³-hybridized carbons (Fsp3) is 0.304. The van der Waals surface area contributed by atoms with Crippen LogP contribution in [0.3, 0.4) is 0 Å². The third-order valence-electron chi connectivity index (χ3n) is 4.71. The van der Waals surface area contributed by atoms with Gasteiger partial charge in [-0.15, -0.1) is 11.8 Å². The van der Waals surface area contributed by atoms with Crippen LogP contribution in [0.4, 0.5) is 5.69 Å². The van der Waals surface area contributed by atoms with Gasteiger partial charge in [0, 0.05) is 5.75 Å². The Bertz CT molecular complexity index is 963. The lowest BCUT2D eigenvalue weighted by Gasteiger charge is -2.19. The lowest BCUT2D eigenvalue weighted by Crippen LogP contribution is -2.32. The Kier molecular flexibility index (Phi) is 6.45. The lowest BCUT2D eigenvalue weighted by atomic mass is 10.1. The predicted molar refractivity (Wildman–Crippen MR) is 117 cm³/mol. The van der Waals surface area contributed by atoms with Crippen LogP contribution in [0.15, 0.2) is 47.4 Å². The smallest absolute Gasteiger partial charge is 0.272 e. The van der Waals surface area contributed by atoms with Gasteiger partial charge in [-0.1, -0.05) is 24.3 Å². The number of amides is 2. The molecule has 0 radical (unpaired) electrons. The van der Waals surface area contributed by atoms with E-state index in [1.54, 1.807) is 30.3 Å². The molecule has 1 aliphatic heterocycles. The van der Waals surface area contributed by atoms with Gasteiger partial charge in [0.1, 0.15) is 5.75 Å². The summed E-state index contributed by atoms with van der Waals surface area (Å²) < 4.78 is 5.67. The zero-order valence-electron chi connectivity index (χ0n) is 17.1. The minimum absolute atomic E-state index is 0.0465. The Morgan fingerprint density at radius 1 is 1.03 bits per heavy atom. The highest BCUT2D eigenvalue weighted by Crippen LogP contribution is 2.39. The fourth-order valence-corrected chi connectivity index (χ4v) is 4.07. The van der Waals surface area contributed by atoms with Crippen LogP contribution in [0, 0.1) is 13.8 Å². The monoisotopic (exact) mass is 411 g/mol. The minimum atomic E-state index is -0.348. The second-order valence-electron chi connectivity index (χ2n) is 7.13. The molecule has 0 fully saturated rings. The van der Waals surface area contributed by atoms with Crippen molar-refractivity contribution in [2.75, 3.05) is 17.3 Å². The van der Waals surface area contributed by atoms with Gasteiger partial charge in [0.2, 0.25) is 0 Å². The van der Waals surface area contributed by atoms with E-state index < -0.39 is 0 Å². The van der Waals surface area contributed by atoms with E-state index >= 15 is 0 Å². The number of aryl methyl sites for hydroxylation is 1. The molecule has 2 aromatic rings. The SMILES string of the molecule is Cc1cccc(N2C(=O)C(SCCO)=C(c3ccc(OC(C)C)cc3)C2=O)c1C. The number of anilines is 1. The molecule has 0 spiro atoms. The third-order valence-corrected chi connectivity index (χ3v) is 5.76. The normalized spacial score (nSPS) is 14.3. The van der Waals surface area contributed by atoms with Crippen molar-refractivity contribution in [3.05, 3.63) is 64.1 Å². The van der Waals surface area contributed by atoms with Crippen molar-refractivity contribution in [3.8, 4) is 5.75 Å². The summed E-state index contributed by atoms with van der Waals surface area (Å²) in [5.74, 6) is 0.353. The minimum Gasteiger partial charge on any atom is -0.491 e. The van der Waals surface area contributed by atoms with Crippen molar-refractivity contribution in [2.45, 2.75) is 33.8 Å². The molecular formula is C23H25NO4S. The van der Waals surface area contributed by atoms with E-state index in [0.29, 0.717) is 33.2 Å². The number of hydrogen-bond acceptors (Lipinski definition) is 5. The van der Waals surface area contributed by atoms with Gasteiger partial charge >= 0.3 is 0 Å². The molecule has 6 heteroatoms. The molecule has 152 valence electrons. The van der Waals surface area contributed by atoms with Gasteiger partial charge in [0.25, 0.3) is 11.8 Å². The maximum absolute atomic E-state index is 13.4. The van der Waals surface area contributed by atoms with Crippen LogP contribution >= 0.6 is 11.8 Å². The first kappa shape index (κ1) is 21.1. The standard InChI is InChI=1S/C23H25NO4S/c1-14(2)28-18-10-8-17(9-11-18)20-21(29-13-12-25)23(27)24(22(20)26)19-7-5-6-15(3)16(19)4/h5-11,14,25H,12-13H2,1-4H3. The molecular weight excluding hydrogens is 386 g/mol. The molecule has 0 bridgehead atoms. The lowest BCUT2D eigenvalue weighted by molar-refractivity contribution is -0.119. The van der Waals surface area contributed by atoms with Crippen molar-refractivity contribution >= 4 is 34.8 Å². The van der Waals surface area contributed by atoms with Crippen LogP contribution in [-0.4, -0.2) is 35.4 Å². The molecule has 0 atom stereocenters. The van der Waals surface area contributed by atoms with Crippen LogP contribution < -0.4 is 9.64 Å². The van der Waals surface area contributed by atoms with Gasteiger partial charge in [0.05, 0.1) is 28.9 Å². The summed E-state index contributed by atoms with van der Waals surface area (Å²) >= 11 is 1.21. The maximum atomic E-state index is 13.4. The number of aliphatic hydroxyl groups is 1. The van der Waals surface area contributed by atoms with E-state index in [-0.39, 0.29) is 24.5 Å². The molecule has 0 saturated heterocycles. The molecule has 3 rings (SSSR count). The zero-order chi connectivity index (χ0) is 21.1. The summed E-state index contributed by atoms with van der Waals surface area (Å²) in [5, 5.41) is 9.25. The molecule has 2 aromatic carbocycles. The van der Waals surface area contributed by atoms with E-state index in [0.717, 1.165) is 11.1 Å². The average molecular weight is 412 g/mol. The van der Waals surface area contributed by atoms with Crippen LogP contribution in [0.1, 0.15) is 30.5 Å². The Morgan fingerprint density at radius 3 is 2.34 bits per heavy atom. The summed E-state index contributed by atoms with van der Waals surface area (Å²) in [5.41, 5.74) is 3.52. The Balaban J connectivity index is 2.04. The topological polar surface area (TPSA) is 66.8 Å². The first-order chi connectivity index (χ1) is 13.8. The average Bonchev–Trinajstić information content (AvgIpc) is 2.92. The molecule has 0 unspecified atom stereocenters. The highest BCUT2D eigenvalue weighted by atomic mass is 32.2. The van der Waals surface area contributed by atoms with Gasteiger partial charge in [0.15, 0.2) is 0 Å². The predicted octanol–water partition coefficient (Wildman–Crippen LogP) is 4.10. The number of carbonyl (C=O) groups is 2. The van der Waals surface area contributed by atoms with E-state index in [9.17, 15) is 14.7 Å². The van der Waals surface area contributed by atoms with E-state index in [2.05, 4.69) is 0 Å². The van der Waals surface area contributed by atoms with Gasteiger partial charge in [-0.25, -0.2) is 4.90 Å². The molecule has 0 aromatic heterocycles. The number of aliphatic hydroxyl groups excluding tert-OH is 1. The first-order valence-corrected chi connectivity index (χ1v) is 10.5. The van der Waals surface area contributed by atoms with Gasteiger partial charge in [-0.2, -0.15) is 0 Å². The molecule has 0 aliphatic carbocycles. The Labute approximate surface area is 175 Å². The number of nitrogens with zero attached hydrogens (tertiary/aromatic N) is 1. The number of rotatable bonds is 7. The van der Waals surface area contributed by atoms with Crippen LogP contribution in [0.5, 0.6) is 5.75 Å². The quantitative estimate of drug-likeness (QED) is 0.695. The first-order valence-electron chi connectivity index (χ1n) is 9.55. The summed E-state index contributed by atoms with van der Waals surface area (Å²) in [6.07, 6.45) is 0.0465. The van der Waals surface area contributed by atoms with E-state index in [1.807, 2.05) is 39.8 Å². The fourth-order valence-electron chi connectivity index (χ4n) is 3.21. The van der Waals surface area contributed by atoms with Crippen LogP contribution in [-0.2, 0) is 9.59 Å². The Morgan fingerprint density at radius 2 is 1.72 bits per heavy atom. The van der Waals surface area contributed by atoms with Gasteiger partial charge < -0.3 is 9.84 Å². The highest BCUT2D eigenvalue weighted by molar-refractivity contribution is 8.04. The summed E-state index contributed by atoms with van der Waals surface area (Å²) in [6.45, 7) is 7.67. The number of imide groups is 1. The number of benzene rings is 2. The maximum Gasteiger partial charge on any atom is 0.272 e. The van der Waals surface area contributed by atoms with Crippen LogP contribution in [0.2, 0.25) is 0 Å². The van der Waals surface area contributed by atoms with Crippen molar-refractivity contribution in [1.82, 2.24) is 0 Å². The molecule has 1 heterocycles. The highest BCUT2D eigenvalue weighted by Gasteiger charge is 2.40. The number of hydrogen-bond donors (Lipinski definition) is 1. The third kappa shape index (κ3) is 4.23. The zero-order valence-corrected chi connectivity index (χ0v) is 17.9. The number of carbonyl (C=O) groups excluding carboxylic acids is 2. The van der Waals surface area contributed by atoms with Crippen molar-refractivity contribution in [1.29, 1.82) is 0 Å². The summed E-state index contributed by atoms with van der Waals surface area (Å²) in [7, 11) is 0. The number of ether oxygens (including phenoxy) is 1.